The fourth-order valence-electron chi connectivity index (χ4n) is 3.80. The van der Waals surface area contributed by atoms with E-state index in [1.54, 1.807) is 18.2 Å². The molecule has 1 aliphatic heterocycles. The number of fused-ring (bicyclic) bond motifs is 1. The summed E-state index contributed by atoms with van der Waals surface area (Å²) in [4.78, 5) is 28.3. The van der Waals surface area contributed by atoms with Crippen LogP contribution in [0.3, 0.4) is 0 Å². The number of Topliss-reactive ketones (excluding diaryl/α,β-unsaturated/α-hetero) is 2. The largest absolute Gasteiger partial charge is 0.381 e. The number of piperidine rings is 1. The molecule has 2 aliphatic rings. The summed E-state index contributed by atoms with van der Waals surface area (Å²) in [5.74, 6) is -0.0854. The van der Waals surface area contributed by atoms with Gasteiger partial charge in [-0.2, -0.15) is 0 Å². The van der Waals surface area contributed by atoms with E-state index >= 15 is 0 Å². The van der Waals surface area contributed by atoms with Crippen molar-refractivity contribution in [1.29, 1.82) is 0 Å². The smallest absolute Gasteiger partial charge is 0.210 e. The Labute approximate surface area is 156 Å². The Balaban J connectivity index is 1.69. The first-order valence-electron chi connectivity index (χ1n) is 9.71. The van der Waals surface area contributed by atoms with Crippen molar-refractivity contribution in [3.63, 3.8) is 0 Å². The van der Waals surface area contributed by atoms with Crippen molar-refractivity contribution in [1.82, 2.24) is 10.2 Å². The minimum Gasteiger partial charge on any atom is -0.381 e. The second-order valence-electron chi connectivity index (χ2n) is 7.07. The number of benzene rings is 1. The molecule has 0 unspecified atom stereocenters. The summed E-state index contributed by atoms with van der Waals surface area (Å²) in [6.07, 6.45) is 7.92. The van der Waals surface area contributed by atoms with Crippen molar-refractivity contribution < 1.29 is 9.59 Å². The Hall–Kier alpha value is -2.20. The standard InChI is InChI=1S/C22H28N2O2/c1-2-3-10-19-20(23-13-9-16-24-14-7-4-8-15-24)22(26)18-12-6-5-11-17(18)21(19)25/h2,5-6,11-12,23H,1,3-4,7-10,13-16H2. The SMILES string of the molecule is C=CCCC1=C(NCCCN2CCCCC2)C(=O)c2ccccc2C1=O. The van der Waals surface area contributed by atoms with Crippen LogP contribution in [-0.2, 0) is 0 Å². The van der Waals surface area contributed by atoms with Gasteiger partial charge in [0.2, 0.25) is 5.78 Å². The number of carbonyl (C=O) groups excluding carboxylic acids is 2. The zero-order valence-corrected chi connectivity index (χ0v) is 15.4. The van der Waals surface area contributed by atoms with Gasteiger partial charge in [-0.3, -0.25) is 9.59 Å². The van der Waals surface area contributed by atoms with Gasteiger partial charge in [-0.05, 0) is 51.7 Å². The molecule has 0 atom stereocenters. The molecule has 1 aromatic carbocycles. The average molecular weight is 352 g/mol. The van der Waals surface area contributed by atoms with E-state index in [4.69, 9.17) is 0 Å². The molecule has 0 bridgehead atoms. The number of likely N-dealkylation sites (tertiary alicyclic amines) is 1. The van der Waals surface area contributed by atoms with Gasteiger partial charge in [0.05, 0.1) is 5.70 Å². The third kappa shape index (κ3) is 4.13. The van der Waals surface area contributed by atoms with Crippen molar-refractivity contribution in [2.24, 2.45) is 0 Å². The fourth-order valence-corrected chi connectivity index (χ4v) is 3.80. The third-order valence-electron chi connectivity index (χ3n) is 5.22. The molecule has 26 heavy (non-hydrogen) atoms. The first-order chi connectivity index (χ1) is 12.7. The summed E-state index contributed by atoms with van der Waals surface area (Å²) < 4.78 is 0. The van der Waals surface area contributed by atoms with Gasteiger partial charge in [0.25, 0.3) is 0 Å². The van der Waals surface area contributed by atoms with Crippen LogP contribution in [0.4, 0.5) is 0 Å². The molecule has 1 heterocycles. The van der Waals surface area contributed by atoms with Crippen LogP contribution in [0.5, 0.6) is 0 Å². The summed E-state index contributed by atoms with van der Waals surface area (Å²) in [5, 5.41) is 3.29. The van der Waals surface area contributed by atoms with Crippen molar-refractivity contribution in [3.05, 3.63) is 59.3 Å². The fraction of sp³-hybridized carbons (Fsp3) is 0.455. The number of hydrogen-bond donors (Lipinski definition) is 1. The number of allylic oxidation sites excluding steroid dienone is 3. The molecule has 4 nitrogen and oxygen atoms in total. The first kappa shape index (κ1) is 18.6. The second-order valence-corrected chi connectivity index (χ2v) is 7.07. The highest BCUT2D eigenvalue weighted by atomic mass is 16.1. The Morgan fingerprint density at radius 3 is 2.42 bits per heavy atom. The van der Waals surface area contributed by atoms with E-state index in [0.717, 1.165) is 13.0 Å². The normalized spacial score (nSPS) is 18.0. The summed E-state index contributed by atoms with van der Waals surface area (Å²) >= 11 is 0. The highest BCUT2D eigenvalue weighted by Gasteiger charge is 2.31. The Bertz CT molecular complexity index is 715. The Morgan fingerprint density at radius 1 is 1.04 bits per heavy atom. The molecular weight excluding hydrogens is 324 g/mol. The monoisotopic (exact) mass is 352 g/mol. The maximum absolute atomic E-state index is 12.9. The highest BCUT2D eigenvalue weighted by molar-refractivity contribution is 6.26. The number of ketones is 2. The van der Waals surface area contributed by atoms with Crippen molar-refractivity contribution in [2.75, 3.05) is 26.2 Å². The lowest BCUT2D eigenvalue weighted by molar-refractivity contribution is 0.0965. The number of nitrogens with zero attached hydrogens (tertiary/aromatic N) is 1. The van der Waals surface area contributed by atoms with Gasteiger partial charge in [-0.15, -0.1) is 6.58 Å². The van der Waals surface area contributed by atoms with Gasteiger partial charge in [0.15, 0.2) is 5.78 Å². The van der Waals surface area contributed by atoms with Crippen molar-refractivity contribution >= 4 is 11.6 Å². The van der Waals surface area contributed by atoms with Crippen LogP contribution < -0.4 is 5.32 Å². The van der Waals surface area contributed by atoms with E-state index in [0.29, 0.717) is 41.8 Å². The predicted octanol–water partition coefficient (Wildman–Crippen LogP) is 3.75. The minimum atomic E-state index is -0.0581. The zero-order valence-electron chi connectivity index (χ0n) is 15.4. The van der Waals surface area contributed by atoms with Crippen LogP contribution >= 0.6 is 0 Å². The molecule has 4 heteroatoms. The topological polar surface area (TPSA) is 49.4 Å². The van der Waals surface area contributed by atoms with Crippen LogP contribution in [0.25, 0.3) is 0 Å². The molecule has 1 fully saturated rings. The van der Waals surface area contributed by atoms with E-state index in [1.165, 1.54) is 32.4 Å². The van der Waals surface area contributed by atoms with Gasteiger partial charge in [-0.1, -0.05) is 36.8 Å². The molecule has 0 amide bonds. The molecule has 1 saturated heterocycles. The summed E-state index contributed by atoms with van der Waals surface area (Å²) in [5.41, 5.74) is 2.13. The zero-order chi connectivity index (χ0) is 18.4. The molecule has 1 N–H and O–H groups in total. The van der Waals surface area contributed by atoms with Crippen LogP contribution in [0.2, 0.25) is 0 Å². The maximum atomic E-state index is 12.9. The Morgan fingerprint density at radius 2 is 1.73 bits per heavy atom. The first-order valence-corrected chi connectivity index (χ1v) is 9.71. The molecule has 0 saturated carbocycles. The Kier molecular flexibility index (Phi) is 6.40. The molecule has 1 aromatic rings. The molecule has 138 valence electrons. The molecule has 3 rings (SSSR count). The summed E-state index contributed by atoms with van der Waals surface area (Å²) in [7, 11) is 0. The van der Waals surface area contributed by atoms with E-state index < -0.39 is 0 Å². The number of nitrogens with one attached hydrogen (secondary N) is 1. The van der Waals surface area contributed by atoms with Crippen LogP contribution in [0.15, 0.2) is 48.2 Å². The van der Waals surface area contributed by atoms with E-state index in [9.17, 15) is 9.59 Å². The van der Waals surface area contributed by atoms with Crippen LogP contribution in [0, 0.1) is 0 Å². The van der Waals surface area contributed by atoms with Crippen LogP contribution in [-0.4, -0.2) is 42.6 Å². The van der Waals surface area contributed by atoms with E-state index in [-0.39, 0.29) is 11.6 Å². The number of hydrogen-bond acceptors (Lipinski definition) is 4. The molecular formula is C22H28N2O2. The molecule has 0 aromatic heterocycles. The number of carbonyl (C=O) groups is 2. The summed E-state index contributed by atoms with van der Waals surface area (Å²) in [6, 6.07) is 7.12. The van der Waals surface area contributed by atoms with Gasteiger partial charge in [0.1, 0.15) is 0 Å². The lowest BCUT2D eigenvalue weighted by Crippen LogP contribution is -2.34. The predicted molar refractivity (Wildman–Crippen MR) is 104 cm³/mol. The lowest BCUT2D eigenvalue weighted by Gasteiger charge is -2.27. The maximum Gasteiger partial charge on any atom is 0.210 e. The quantitative estimate of drug-likeness (QED) is 0.572. The number of rotatable bonds is 8. The highest BCUT2D eigenvalue weighted by Crippen LogP contribution is 2.27. The minimum absolute atomic E-state index is 0.0272. The van der Waals surface area contributed by atoms with Gasteiger partial charge in [-0.25, -0.2) is 0 Å². The lowest BCUT2D eigenvalue weighted by atomic mass is 9.85. The average Bonchev–Trinajstić information content (AvgIpc) is 2.69. The van der Waals surface area contributed by atoms with Crippen molar-refractivity contribution in [2.45, 2.75) is 38.5 Å². The summed E-state index contributed by atoms with van der Waals surface area (Å²) in [6.45, 7) is 7.85. The second kappa shape index (κ2) is 8.95. The van der Waals surface area contributed by atoms with E-state index in [2.05, 4.69) is 16.8 Å². The molecule has 1 aliphatic carbocycles. The van der Waals surface area contributed by atoms with Gasteiger partial charge >= 0.3 is 0 Å². The molecule has 0 radical (unpaired) electrons. The third-order valence-corrected chi connectivity index (χ3v) is 5.22. The van der Waals surface area contributed by atoms with Gasteiger partial charge < -0.3 is 10.2 Å². The molecule has 0 spiro atoms. The van der Waals surface area contributed by atoms with E-state index in [1.807, 2.05) is 12.1 Å². The van der Waals surface area contributed by atoms with Crippen LogP contribution in [0.1, 0.15) is 59.2 Å². The van der Waals surface area contributed by atoms with Crippen molar-refractivity contribution in [3.8, 4) is 0 Å². The van der Waals surface area contributed by atoms with Gasteiger partial charge in [0, 0.05) is 23.2 Å².